The van der Waals surface area contributed by atoms with Crippen LogP contribution in [0.4, 0.5) is 10.6 Å². The average molecular weight is 554 g/mol. The Morgan fingerprint density at radius 3 is 2.64 bits per heavy atom. The number of hydrogen-bond donors (Lipinski definition) is 3. The molecule has 1 aliphatic heterocycles. The predicted molar refractivity (Wildman–Crippen MR) is 147 cm³/mol. The van der Waals surface area contributed by atoms with Crippen molar-refractivity contribution in [3.8, 4) is 21.7 Å². The van der Waals surface area contributed by atoms with Crippen LogP contribution >= 0.6 is 11.3 Å². The van der Waals surface area contributed by atoms with Gasteiger partial charge in [0.2, 0.25) is 0 Å². The average Bonchev–Trinajstić information content (AvgIpc) is 3.34. The summed E-state index contributed by atoms with van der Waals surface area (Å²) in [6.45, 7) is 8.42. The van der Waals surface area contributed by atoms with Gasteiger partial charge in [0.05, 0.1) is 31.6 Å². The van der Waals surface area contributed by atoms with Gasteiger partial charge in [-0.2, -0.15) is 0 Å². The van der Waals surface area contributed by atoms with Crippen LogP contribution in [-0.4, -0.2) is 90.8 Å². The summed E-state index contributed by atoms with van der Waals surface area (Å²) in [5, 5.41) is 8.92. The third-order valence-corrected chi connectivity index (χ3v) is 7.19. The summed E-state index contributed by atoms with van der Waals surface area (Å²) in [6.07, 6.45) is 4.59. The summed E-state index contributed by atoms with van der Waals surface area (Å²) in [6, 6.07) is 2.94. The second-order valence-corrected chi connectivity index (χ2v) is 9.70. The number of aryl methyl sites for hydroxylation is 1. The number of urea groups is 1. The van der Waals surface area contributed by atoms with Crippen LogP contribution in [0.25, 0.3) is 21.7 Å². The standard InChI is InChI=1S/C26H31N7O5S/c1-4-28-26(36)32-21-12-19(20(15-30-21)17-11-18(14-27-13-17)25(35)37-3)24-31-16(2)22(39-24)23(34)29-5-6-33-7-9-38-10-8-33/h11-15H,4-10H2,1-3H3,(H,29,34)(H2,28,30,32,36). The molecule has 13 heteroatoms. The molecule has 3 aromatic rings. The van der Waals surface area contributed by atoms with Gasteiger partial charge in [-0.25, -0.2) is 19.6 Å². The number of rotatable bonds is 9. The zero-order chi connectivity index (χ0) is 27.8. The number of anilines is 1. The molecule has 0 aromatic carbocycles. The van der Waals surface area contributed by atoms with Crippen molar-refractivity contribution in [2.75, 3.05) is 58.4 Å². The first-order chi connectivity index (χ1) is 18.9. The molecule has 12 nitrogen and oxygen atoms in total. The highest BCUT2D eigenvalue weighted by molar-refractivity contribution is 7.17. The number of hydrogen-bond acceptors (Lipinski definition) is 10. The minimum atomic E-state index is -0.519. The topological polar surface area (TPSA) is 148 Å². The molecule has 0 radical (unpaired) electrons. The highest BCUT2D eigenvalue weighted by Crippen LogP contribution is 2.36. The number of methoxy groups -OCH3 is 1. The van der Waals surface area contributed by atoms with Gasteiger partial charge in [-0.1, -0.05) is 0 Å². The summed E-state index contributed by atoms with van der Waals surface area (Å²) in [5.41, 5.74) is 2.72. The number of carbonyl (C=O) groups is 3. The van der Waals surface area contributed by atoms with Gasteiger partial charge in [0.1, 0.15) is 15.7 Å². The molecule has 1 aliphatic rings. The molecule has 1 saturated heterocycles. The van der Waals surface area contributed by atoms with E-state index < -0.39 is 12.0 Å². The molecule has 1 fully saturated rings. The van der Waals surface area contributed by atoms with Crippen molar-refractivity contribution in [2.24, 2.45) is 0 Å². The lowest BCUT2D eigenvalue weighted by atomic mass is 10.0. The Kier molecular flexibility index (Phi) is 9.52. The second kappa shape index (κ2) is 13.2. The lowest BCUT2D eigenvalue weighted by Crippen LogP contribution is -2.41. The smallest absolute Gasteiger partial charge is 0.339 e. The fourth-order valence-corrected chi connectivity index (χ4v) is 5.04. The van der Waals surface area contributed by atoms with Crippen molar-refractivity contribution in [3.63, 3.8) is 0 Å². The van der Waals surface area contributed by atoms with Gasteiger partial charge < -0.3 is 20.1 Å². The molecule has 39 heavy (non-hydrogen) atoms. The molecule has 3 amide bonds. The molecule has 0 atom stereocenters. The Bertz CT molecular complexity index is 1340. The molecule has 4 heterocycles. The van der Waals surface area contributed by atoms with Crippen molar-refractivity contribution >= 4 is 35.1 Å². The van der Waals surface area contributed by atoms with Gasteiger partial charge in [0.15, 0.2) is 0 Å². The Morgan fingerprint density at radius 2 is 1.90 bits per heavy atom. The van der Waals surface area contributed by atoms with Gasteiger partial charge in [-0.05, 0) is 26.0 Å². The summed E-state index contributed by atoms with van der Waals surface area (Å²) >= 11 is 1.24. The first kappa shape index (κ1) is 28.1. The number of nitrogens with one attached hydrogen (secondary N) is 3. The van der Waals surface area contributed by atoms with Gasteiger partial charge in [0, 0.05) is 68.0 Å². The van der Waals surface area contributed by atoms with E-state index in [2.05, 4.69) is 35.8 Å². The van der Waals surface area contributed by atoms with E-state index in [1.54, 1.807) is 31.5 Å². The largest absolute Gasteiger partial charge is 0.465 e. The number of nitrogens with zero attached hydrogens (tertiary/aromatic N) is 4. The summed E-state index contributed by atoms with van der Waals surface area (Å²) in [4.78, 5) is 53.2. The van der Waals surface area contributed by atoms with E-state index in [0.717, 1.165) is 19.6 Å². The molecule has 4 rings (SSSR count). The van der Waals surface area contributed by atoms with E-state index in [1.165, 1.54) is 24.6 Å². The highest BCUT2D eigenvalue weighted by atomic mass is 32.1. The monoisotopic (exact) mass is 553 g/mol. The van der Waals surface area contributed by atoms with Crippen LogP contribution in [0.3, 0.4) is 0 Å². The molecular weight excluding hydrogens is 522 g/mol. The van der Waals surface area contributed by atoms with Crippen LogP contribution in [0.15, 0.2) is 30.7 Å². The van der Waals surface area contributed by atoms with E-state index in [0.29, 0.717) is 64.4 Å². The van der Waals surface area contributed by atoms with Gasteiger partial charge in [-0.15, -0.1) is 11.3 Å². The maximum Gasteiger partial charge on any atom is 0.339 e. The first-order valence-corrected chi connectivity index (χ1v) is 13.4. The number of pyridine rings is 2. The van der Waals surface area contributed by atoms with Crippen LogP contribution in [0.1, 0.15) is 32.6 Å². The van der Waals surface area contributed by atoms with Crippen molar-refractivity contribution in [2.45, 2.75) is 13.8 Å². The van der Waals surface area contributed by atoms with E-state index in [1.807, 2.05) is 6.92 Å². The van der Waals surface area contributed by atoms with Crippen LogP contribution in [0.2, 0.25) is 0 Å². The minimum Gasteiger partial charge on any atom is -0.465 e. The Labute approximate surface area is 230 Å². The molecule has 3 aromatic heterocycles. The number of carbonyl (C=O) groups excluding carboxylic acids is 3. The summed E-state index contributed by atoms with van der Waals surface area (Å²) in [5.74, 6) is -0.411. The predicted octanol–water partition coefficient (Wildman–Crippen LogP) is 2.57. The number of aromatic nitrogens is 3. The number of morpholine rings is 1. The van der Waals surface area contributed by atoms with E-state index in [9.17, 15) is 14.4 Å². The van der Waals surface area contributed by atoms with E-state index in [4.69, 9.17) is 9.47 Å². The third kappa shape index (κ3) is 7.13. The Hall–Kier alpha value is -3.94. The molecular formula is C26H31N7O5S. The zero-order valence-electron chi connectivity index (χ0n) is 22.1. The van der Waals surface area contributed by atoms with E-state index in [-0.39, 0.29) is 11.5 Å². The maximum absolute atomic E-state index is 13.0. The number of ether oxygens (including phenoxy) is 2. The van der Waals surface area contributed by atoms with Gasteiger partial charge in [0.25, 0.3) is 5.91 Å². The van der Waals surface area contributed by atoms with Gasteiger partial charge >= 0.3 is 12.0 Å². The number of amides is 3. The van der Waals surface area contributed by atoms with Crippen molar-refractivity contribution < 1.29 is 23.9 Å². The molecule has 0 saturated carbocycles. The van der Waals surface area contributed by atoms with Gasteiger partial charge in [-0.3, -0.25) is 20.0 Å². The molecule has 0 aliphatic carbocycles. The molecule has 206 valence electrons. The fraction of sp³-hybridized carbons (Fsp3) is 0.385. The normalized spacial score (nSPS) is 13.5. The Morgan fingerprint density at radius 1 is 1.10 bits per heavy atom. The van der Waals surface area contributed by atoms with Crippen LogP contribution < -0.4 is 16.0 Å². The molecule has 0 bridgehead atoms. The van der Waals surface area contributed by atoms with Crippen LogP contribution in [-0.2, 0) is 9.47 Å². The SMILES string of the molecule is CCNC(=O)Nc1cc(-c2nc(C)c(C(=O)NCCN3CCOCC3)s2)c(-c2cncc(C(=O)OC)c2)cn1. The molecule has 3 N–H and O–H groups in total. The molecule has 0 spiro atoms. The third-order valence-electron chi connectivity index (χ3n) is 6.00. The quantitative estimate of drug-likeness (QED) is 0.340. The first-order valence-electron chi connectivity index (χ1n) is 12.5. The van der Waals surface area contributed by atoms with Crippen molar-refractivity contribution in [3.05, 3.63) is 46.9 Å². The summed E-state index contributed by atoms with van der Waals surface area (Å²) in [7, 11) is 1.30. The minimum absolute atomic E-state index is 0.199. The van der Waals surface area contributed by atoms with E-state index >= 15 is 0 Å². The number of esters is 1. The second-order valence-electron chi connectivity index (χ2n) is 8.70. The summed E-state index contributed by atoms with van der Waals surface area (Å²) < 4.78 is 10.2. The fourth-order valence-electron chi connectivity index (χ4n) is 4.02. The maximum atomic E-state index is 13.0. The number of thiazole rings is 1. The van der Waals surface area contributed by atoms with Crippen LogP contribution in [0, 0.1) is 6.92 Å². The van der Waals surface area contributed by atoms with Crippen LogP contribution in [0.5, 0.6) is 0 Å². The lowest BCUT2D eigenvalue weighted by Gasteiger charge is -2.26. The Balaban J connectivity index is 1.63. The zero-order valence-corrected chi connectivity index (χ0v) is 22.9. The highest BCUT2D eigenvalue weighted by Gasteiger charge is 2.21. The lowest BCUT2D eigenvalue weighted by molar-refractivity contribution is 0.0383. The van der Waals surface area contributed by atoms with Crippen molar-refractivity contribution in [1.29, 1.82) is 0 Å². The molecule has 0 unspecified atom stereocenters. The van der Waals surface area contributed by atoms with Crippen molar-refractivity contribution in [1.82, 2.24) is 30.5 Å².